The van der Waals surface area contributed by atoms with E-state index in [9.17, 15) is 14.9 Å². The molecule has 1 aliphatic heterocycles. The Balaban J connectivity index is 1.96. The minimum Gasteiger partial charge on any atom is -0.458 e. The van der Waals surface area contributed by atoms with Crippen LogP contribution in [0.15, 0.2) is 35.0 Å². The van der Waals surface area contributed by atoms with E-state index in [4.69, 9.17) is 15.0 Å². The number of rotatable bonds is 8. The van der Waals surface area contributed by atoms with Crippen molar-refractivity contribution in [1.29, 1.82) is 0 Å². The second-order valence-electron chi connectivity index (χ2n) is 6.55. The van der Waals surface area contributed by atoms with Crippen molar-refractivity contribution in [3.05, 3.63) is 56.0 Å². The topological polar surface area (TPSA) is 131 Å². The van der Waals surface area contributed by atoms with Crippen LogP contribution in [-0.2, 0) is 9.47 Å². The largest absolute Gasteiger partial charge is 0.458 e. The highest BCUT2D eigenvalue weighted by molar-refractivity contribution is 5.95. The van der Waals surface area contributed by atoms with Crippen LogP contribution in [0.4, 0.5) is 11.4 Å². The molecule has 138 valence electrons. The van der Waals surface area contributed by atoms with E-state index in [1.165, 1.54) is 6.07 Å². The average molecular weight is 360 g/mol. The molecular weight excluding hydrogens is 340 g/mol. The number of hydrogen-bond acceptors (Lipinski definition) is 6. The molecule has 1 unspecified atom stereocenters. The lowest BCUT2D eigenvalue weighted by Gasteiger charge is -2.05. The molecular formula is C17H20N4O5. The van der Waals surface area contributed by atoms with Gasteiger partial charge in [-0.25, -0.2) is 4.79 Å². The van der Waals surface area contributed by atoms with E-state index in [-0.39, 0.29) is 29.6 Å². The normalized spacial score (nSPS) is 18.0. The van der Waals surface area contributed by atoms with Crippen LogP contribution in [0, 0.1) is 10.1 Å². The first kappa shape index (κ1) is 19.4. The molecule has 0 amide bonds. The molecule has 1 saturated heterocycles. The van der Waals surface area contributed by atoms with Gasteiger partial charge in [-0.2, -0.15) is 0 Å². The Morgan fingerprint density at radius 1 is 1.54 bits per heavy atom. The van der Waals surface area contributed by atoms with Crippen molar-refractivity contribution < 1.29 is 19.2 Å². The fourth-order valence-corrected chi connectivity index (χ4v) is 2.50. The Morgan fingerprint density at radius 3 is 2.81 bits per heavy atom. The zero-order valence-electron chi connectivity index (χ0n) is 14.8. The number of carbonyl (C=O) groups excluding carboxylic acids is 1. The summed E-state index contributed by atoms with van der Waals surface area (Å²) < 4.78 is 10.6. The number of azide groups is 1. The minimum atomic E-state index is -0.845. The third-order valence-electron chi connectivity index (χ3n) is 4.17. The van der Waals surface area contributed by atoms with Crippen LogP contribution in [0.5, 0.6) is 0 Å². The Kier molecular flexibility index (Phi) is 5.97. The molecule has 1 fully saturated rings. The van der Waals surface area contributed by atoms with Crippen molar-refractivity contribution in [2.24, 2.45) is 5.11 Å². The van der Waals surface area contributed by atoms with Gasteiger partial charge in [0.15, 0.2) is 0 Å². The van der Waals surface area contributed by atoms with Crippen LogP contribution >= 0.6 is 0 Å². The fourth-order valence-electron chi connectivity index (χ4n) is 2.50. The highest BCUT2D eigenvalue weighted by Gasteiger charge is 2.46. The third-order valence-corrected chi connectivity index (χ3v) is 4.17. The number of allylic oxidation sites excluding steroid dienone is 1. The Morgan fingerprint density at radius 2 is 2.23 bits per heavy atom. The summed E-state index contributed by atoms with van der Waals surface area (Å²) in [6.45, 7) is 6.00. The van der Waals surface area contributed by atoms with Gasteiger partial charge < -0.3 is 9.47 Å². The van der Waals surface area contributed by atoms with Crippen LogP contribution in [-0.4, -0.2) is 29.2 Å². The number of benzene rings is 1. The van der Waals surface area contributed by atoms with Crippen molar-refractivity contribution in [3.63, 3.8) is 0 Å². The summed E-state index contributed by atoms with van der Waals surface area (Å²) >= 11 is 0. The molecule has 1 atom stereocenters. The van der Waals surface area contributed by atoms with E-state index < -0.39 is 16.6 Å². The number of nitrogens with zero attached hydrogens (tertiary/aromatic N) is 4. The Bertz CT molecular complexity index is 796. The summed E-state index contributed by atoms with van der Waals surface area (Å²) in [6.07, 6.45) is 3.72. The molecule has 0 aliphatic carbocycles. The summed E-state index contributed by atoms with van der Waals surface area (Å²) in [5, 5.41) is 14.4. The molecule has 0 saturated carbocycles. The van der Waals surface area contributed by atoms with Crippen molar-refractivity contribution in [3.8, 4) is 0 Å². The van der Waals surface area contributed by atoms with Gasteiger partial charge in [-0.1, -0.05) is 10.7 Å². The Labute approximate surface area is 150 Å². The smallest absolute Gasteiger partial charge is 0.345 e. The van der Waals surface area contributed by atoms with Crippen molar-refractivity contribution >= 4 is 17.3 Å². The number of ether oxygens (including phenoxy) is 2. The molecule has 1 heterocycles. The minimum absolute atomic E-state index is 0.00246. The lowest BCUT2D eigenvalue weighted by atomic mass is 10.0. The molecule has 1 aliphatic rings. The van der Waals surface area contributed by atoms with E-state index >= 15 is 0 Å². The summed E-state index contributed by atoms with van der Waals surface area (Å²) in [4.78, 5) is 25.1. The predicted molar refractivity (Wildman–Crippen MR) is 94.1 cm³/mol. The zero-order valence-corrected chi connectivity index (χ0v) is 14.8. The first-order valence-electron chi connectivity index (χ1n) is 8.08. The third kappa shape index (κ3) is 5.05. The highest BCUT2D eigenvalue weighted by Crippen LogP contribution is 2.38. The van der Waals surface area contributed by atoms with E-state index in [2.05, 4.69) is 10.0 Å². The predicted octanol–water partition coefficient (Wildman–Crippen LogP) is 4.60. The number of epoxide rings is 1. The molecule has 9 heteroatoms. The SMILES string of the molecule is C/C(=C\COC(=O)c1cc(N=[N+]=[N-])ccc1[N+](=O)[O-])CCC1OC1(C)C. The standard InChI is InChI=1S/C17H20N4O5/c1-11(4-7-15-17(2,3)26-15)8-9-25-16(22)13-10-12(19-20-18)5-6-14(13)21(23)24/h5-6,8,10,15H,4,7,9H2,1-3H3/b11-8+. The van der Waals surface area contributed by atoms with E-state index in [1.54, 1.807) is 6.08 Å². The van der Waals surface area contributed by atoms with E-state index in [0.29, 0.717) is 0 Å². The highest BCUT2D eigenvalue weighted by atomic mass is 16.6. The van der Waals surface area contributed by atoms with Gasteiger partial charge in [0, 0.05) is 16.7 Å². The number of nitro benzene ring substituents is 1. The van der Waals surface area contributed by atoms with Gasteiger partial charge in [-0.05, 0) is 57.4 Å². The Hall–Kier alpha value is -2.90. The van der Waals surface area contributed by atoms with Crippen molar-refractivity contribution in [2.45, 2.75) is 45.3 Å². The second-order valence-corrected chi connectivity index (χ2v) is 6.55. The molecule has 9 nitrogen and oxygen atoms in total. The fraction of sp³-hybridized carbons (Fsp3) is 0.471. The maximum atomic E-state index is 12.2. The number of nitro groups is 1. The number of esters is 1. The van der Waals surface area contributed by atoms with E-state index in [0.717, 1.165) is 30.5 Å². The second kappa shape index (κ2) is 7.99. The number of hydrogen-bond donors (Lipinski definition) is 0. The molecule has 26 heavy (non-hydrogen) atoms. The maximum absolute atomic E-state index is 12.2. The van der Waals surface area contributed by atoms with Crippen LogP contribution in [0.1, 0.15) is 44.0 Å². The molecule has 0 radical (unpaired) electrons. The lowest BCUT2D eigenvalue weighted by molar-refractivity contribution is -0.385. The van der Waals surface area contributed by atoms with Gasteiger partial charge in [0.25, 0.3) is 5.69 Å². The van der Waals surface area contributed by atoms with Gasteiger partial charge >= 0.3 is 5.97 Å². The first-order chi connectivity index (χ1) is 12.2. The van der Waals surface area contributed by atoms with Crippen LogP contribution in [0.3, 0.4) is 0 Å². The van der Waals surface area contributed by atoms with Gasteiger partial charge in [0.05, 0.1) is 16.6 Å². The summed E-state index contributed by atoms with van der Waals surface area (Å²) in [7, 11) is 0. The molecule has 1 aromatic carbocycles. The van der Waals surface area contributed by atoms with Crippen LogP contribution in [0.2, 0.25) is 0 Å². The first-order valence-corrected chi connectivity index (χ1v) is 8.08. The van der Waals surface area contributed by atoms with Crippen molar-refractivity contribution in [2.75, 3.05) is 6.61 Å². The molecule has 0 aromatic heterocycles. The van der Waals surface area contributed by atoms with Gasteiger partial charge in [0.1, 0.15) is 12.2 Å². The monoisotopic (exact) mass is 360 g/mol. The maximum Gasteiger partial charge on any atom is 0.345 e. The van der Waals surface area contributed by atoms with Gasteiger partial charge in [0.2, 0.25) is 0 Å². The molecule has 1 aromatic rings. The summed E-state index contributed by atoms with van der Waals surface area (Å²) in [6, 6.07) is 3.52. The summed E-state index contributed by atoms with van der Waals surface area (Å²) in [5.41, 5.74) is 8.89. The average Bonchev–Trinajstić information content (AvgIpc) is 3.19. The quantitative estimate of drug-likeness (QED) is 0.0977. The molecule has 0 spiro atoms. The van der Waals surface area contributed by atoms with Gasteiger partial charge in [-0.3, -0.25) is 10.1 Å². The molecule has 0 N–H and O–H groups in total. The zero-order chi connectivity index (χ0) is 19.3. The molecule has 0 bridgehead atoms. The summed E-state index contributed by atoms with van der Waals surface area (Å²) in [5.74, 6) is -0.845. The molecule has 2 rings (SSSR count). The van der Waals surface area contributed by atoms with Crippen LogP contribution < -0.4 is 0 Å². The van der Waals surface area contributed by atoms with Gasteiger partial charge in [-0.15, -0.1) is 0 Å². The lowest BCUT2D eigenvalue weighted by Crippen LogP contribution is -2.08. The van der Waals surface area contributed by atoms with Crippen LogP contribution in [0.25, 0.3) is 10.4 Å². The van der Waals surface area contributed by atoms with Crippen molar-refractivity contribution in [1.82, 2.24) is 0 Å². The number of carbonyl (C=O) groups is 1. The van der Waals surface area contributed by atoms with E-state index in [1.807, 2.05) is 20.8 Å².